The average molecular weight is 249 g/mol. The SMILES string of the molecule is CC(C)Oc1ccccc1C(N)c1cnsn1. The molecule has 4 nitrogen and oxygen atoms in total. The Morgan fingerprint density at radius 3 is 2.71 bits per heavy atom. The number of benzene rings is 1. The van der Waals surface area contributed by atoms with Crippen molar-refractivity contribution in [2.24, 2.45) is 5.73 Å². The smallest absolute Gasteiger partial charge is 0.124 e. The van der Waals surface area contributed by atoms with Crippen LogP contribution < -0.4 is 10.5 Å². The standard InChI is InChI=1S/C12H15N3OS/c1-8(2)16-11-6-4-3-5-9(11)12(13)10-7-14-17-15-10/h3-8,12H,13H2,1-2H3. The summed E-state index contributed by atoms with van der Waals surface area (Å²) >= 11 is 1.16. The molecule has 0 saturated carbocycles. The molecule has 0 aliphatic rings. The van der Waals surface area contributed by atoms with E-state index in [2.05, 4.69) is 8.75 Å². The van der Waals surface area contributed by atoms with Gasteiger partial charge in [-0.15, -0.1) is 0 Å². The molecule has 0 aliphatic heterocycles. The molecule has 17 heavy (non-hydrogen) atoms. The first kappa shape index (κ1) is 12.0. The second-order valence-electron chi connectivity index (χ2n) is 4.01. The van der Waals surface area contributed by atoms with Crippen molar-refractivity contribution in [2.45, 2.75) is 26.0 Å². The quantitative estimate of drug-likeness (QED) is 0.903. The molecule has 0 bridgehead atoms. The molecule has 0 fully saturated rings. The van der Waals surface area contributed by atoms with Crippen LogP contribution in [-0.4, -0.2) is 14.9 Å². The third kappa shape index (κ3) is 2.81. The molecule has 2 N–H and O–H groups in total. The molecule has 0 aliphatic carbocycles. The van der Waals surface area contributed by atoms with Crippen LogP contribution in [0.4, 0.5) is 0 Å². The predicted octanol–water partition coefficient (Wildman–Crippen LogP) is 2.37. The molecule has 2 aromatic rings. The highest BCUT2D eigenvalue weighted by molar-refractivity contribution is 6.99. The van der Waals surface area contributed by atoms with Gasteiger partial charge in [0.2, 0.25) is 0 Å². The molecule has 1 atom stereocenters. The first-order valence-electron chi connectivity index (χ1n) is 5.47. The highest BCUT2D eigenvalue weighted by Gasteiger charge is 2.16. The molecule has 0 amide bonds. The van der Waals surface area contributed by atoms with Gasteiger partial charge in [-0.05, 0) is 19.9 Å². The number of ether oxygens (including phenoxy) is 1. The number of aromatic nitrogens is 2. The maximum atomic E-state index is 6.16. The van der Waals surface area contributed by atoms with Gasteiger partial charge in [0.05, 0.1) is 35.8 Å². The van der Waals surface area contributed by atoms with Crippen LogP contribution in [0, 0.1) is 0 Å². The van der Waals surface area contributed by atoms with Crippen molar-refractivity contribution in [3.8, 4) is 5.75 Å². The fraction of sp³-hybridized carbons (Fsp3) is 0.333. The molecule has 1 heterocycles. The summed E-state index contributed by atoms with van der Waals surface area (Å²) in [6, 6.07) is 7.48. The van der Waals surface area contributed by atoms with Gasteiger partial charge in [0.15, 0.2) is 0 Å². The molecule has 1 unspecified atom stereocenters. The Morgan fingerprint density at radius 2 is 2.06 bits per heavy atom. The van der Waals surface area contributed by atoms with Gasteiger partial charge in [-0.3, -0.25) is 0 Å². The zero-order valence-corrected chi connectivity index (χ0v) is 10.6. The second kappa shape index (κ2) is 5.25. The van der Waals surface area contributed by atoms with Gasteiger partial charge < -0.3 is 10.5 Å². The summed E-state index contributed by atoms with van der Waals surface area (Å²) in [6.07, 6.45) is 1.82. The number of nitrogens with two attached hydrogens (primary N) is 1. The summed E-state index contributed by atoms with van der Waals surface area (Å²) in [4.78, 5) is 0. The number of rotatable bonds is 4. The lowest BCUT2D eigenvalue weighted by molar-refractivity contribution is 0.239. The van der Waals surface area contributed by atoms with E-state index in [4.69, 9.17) is 10.5 Å². The van der Waals surface area contributed by atoms with E-state index >= 15 is 0 Å². The van der Waals surface area contributed by atoms with Gasteiger partial charge in [-0.25, -0.2) is 0 Å². The summed E-state index contributed by atoms with van der Waals surface area (Å²) < 4.78 is 13.9. The van der Waals surface area contributed by atoms with Gasteiger partial charge in [0.1, 0.15) is 5.75 Å². The van der Waals surface area contributed by atoms with E-state index in [1.807, 2.05) is 38.1 Å². The summed E-state index contributed by atoms with van der Waals surface area (Å²) in [5, 5.41) is 0. The molecule has 5 heteroatoms. The molecule has 1 aromatic carbocycles. The Hall–Kier alpha value is -1.46. The van der Waals surface area contributed by atoms with Crippen molar-refractivity contribution in [1.29, 1.82) is 0 Å². The zero-order valence-electron chi connectivity index (χ0n) is 9.83. The van der Waals surface area contributed by atoms with Crippen molar-refractivity contribution in [3.63, 3.8) is 0 Å². The van der Waals surface area contributed by atoms with Crippen molar-refractivity contribution in [3.05, 3.63) is 41.7 Å². The maximum Gasteiger partial charge on any atom is 0.124 e. The third-order valence-corrected chi connectivity index (χ3v) is 2.81. The van der Waals surface area contributed by atoms with Crippen molar-refractivity contribution >= 4 is 11.7 Å². The van der Waals surface area contributed by atoms with E-state index in [0.29, 0.717) is 0 Å². The first-order chi connectivity index (χ1) is 8.18. The van der Waals surface area contributed by atoms with Gasteiger partial charge in [-0.2, -0.15) is 8.75 Å². The van der Waals surface area contributed by atoms with Crippen LogP contribution in [0.1, 0.15) is 31.1 Å². The van der Waals surface area contributed by atoms with Gasteiger partial charge in [0.25, 0.3) is 0 Å². The van der Waals surface area contributed by atoms with Gasteiger partial charge in [0, 0.05) is 5.56 Å². The number of nitrogens with zero attached hydrogens (tertiary/aromatic N) is 2. The lowest BCUT2D eigenvalue weighted by Gasteiger charge is -2.17. The average Bonchev–Trinajstić information content (AvgIpc) is 2.81. The largest absolute Gasteiger partial charge is 0.491 e. The van der Waals surface area contributed by atoms with E-state index in [9.17, 15) is 0 Å². The minimum atomic E-state index is -0.288. The van der Waals surface area contributed by atoms with Crippen LogP contribution in [0.25, 0.3) is 0 Å². The number of hydrogen-bond acceptors (Lipinski definition) is 5. The molecule has 0 radical (unpaired) electrons. The van der Waals surface area contributed by atoms with Crippen LogP contribution in [0.2, 0.25) is 0 Å². The van der Waals surface area contributed by atoms with E-state index in [1.54, 1.807) is 6.20 Å². The Balaban J connectivity index is 2.31. The molecular weight excluding hydrogens is 234 g/mol. The molecular formula is C12H15N3OS. The lowest BCUT2D eigenvalue weighted by atomic mass is 10.0. The van der Waals surface area contributed by atoms with Crippen LogP contribution in [0.5, 0.6) is 5.75 Å². The van der Waals surface area contributed by atoms with E-state index in [-0.39, 0.29) is 12.1 Å². The Labute approximate surface area is 105 Å². The van der Waals surface area contributed by atoms with E-state index in [0.717, 1.165) is 28.7 Å². The molecule has 1 aromatic heterocycles. The number of hydrogen-bond donors (Lipinski definition) is 1. The first-order valence-corrected chi connectivity index (χ1v) is 6.20. The van der Waals surface area contributed by atoms with Crippen molar-refractivity contribution in [2.75, 3.05) is 0 Å². The summed E-state index contributed by atoms with van der Waals surface area (Å²) in [5.74, 6) is 0.808. The fourth-order valence-electron chi connectivity index (χ4n) is 1.57. The summed E-state index contributed by atoms with van der Waals surface area (Å²) in [5.41, 5.74) is 7.87. The Morgan fingerprint density at radius 1 is 1.29 bits per heavy atom. The van der Waals surface area contributed by atoms with Crippen LogP contribution in [0.3, 0.4) is 0 Å². The zero-order chi connectivity index (χ0) is 12.3. The topological polar surface area (TPSA) is 61.0 Å². The van der Waals surface area contributed by atoms with Gasteiger partial charge >= 0.3 is 0 Å². The Bertz CT molecular complexity index is 470. The predicted molar refractivity (Wildman–Crippen MR) is 68.1 cm³/mol. The minimum absolute atomic E-state index is 0.122. The van der Waals surface area contributed by atoms with Gasteiger partial charge in [-0.1, -0.05) is 18.2 Å². The van der Waals surface area contributed by atoms with E-state index in [1.165, 1.54) is 0 Å². The molecule has 0 saturated heterocycles. The monoisotopic (exact) mass is 249 g/mol. The second-order valence-corrected chi connectivity index (χ2v) is 4.57. The molecule has 2 rings (SSSR count). The van der Waals surface area contributed by atoms with Crippen LogP contribution >= 0.6 is 11.7 Å². The van der Waals surface area contributed by atoms with E-state index < -0.39 is 0 Å². The molecule has 90 valence electrons. The normalized spacial score (nSPS) is 12.7. The molecule has 0 spiro atoms. The van der Waals surface area contributed by atoms with Crippen molar-refractivity contribution in [1.82, 2.24) is 8.75 Å². The highest BCUT2D eigenvalue weighted by atomic mass is 32.1. The minimum Gasteiger partial charge on any atom is -0.491 e. The van der Waals surface area contributed by atoms with Crippen LogP contribution in [0.15, 0.2) is 30.5 Å². The number of para-hydroxylation sites is 1. The summed E-state index contributed by atoms with van der Waals surface area (Å²) in [7, 11) is 0. The third-order valence-electron chi connectivity index (χ3n) is 2.31. The fourth-order valence-corrected chi connectivity index (χ4v) is 2.02. The van der Waals surface area contributed by atoms with Crippen molar-refractivity contribution < 1.29 is 4.74 Å². The highest BCUT2D eigenvalue weighted by Crippen LogP contribution is 2.28. The lowest BCUT2D eigenvalue weighted by Crippen LogP contribution is -2.15. The maximum absolute atomic E-state index is 6.16. The Kier molecular flexibility index (Phi) is 3.71. The summed E-state index contributed by atoms with van der Waals surface area (Å²) in [6.45, 7) is 3.99. The van der Waals surface area contributed by atoms with Crippen LogP contribution in [-0.2, 0) is 0 Å².